The molecule has 0 spiro atoms. The van der Waals surface area contributed by atoms with Crippen LogP contribution in [0.4, 0.5) is 20.3 Å². The van der Waals surface area contributed by atoms with Crippen molar-refractivity contribution >= 4 is 21.7 Å². The van der Waals surface area contributed by atoms with E-state index < -0.39 is 27.4 Å². The van der Waals surface area contributed by atoms with Crippen LogP contribution in [0.25, 0.3) is 11.3 Å². The summed E-state index contributed by atoms with van der Waals surface area (Å²) in [4.78, 5) is 4.18. The Morgan fingerprint density at radius 1 is 1.03 bits per heavy atom. The van der Waals surface area contributed by atoms with E-state index in [2.05, 4.69) is 25.2 Å². The van der Waals surface area contributed by atoms with E-state index in [1.807, 2.05) is 0 Å². The number of halogens is 2. The van der Waals surface area contributed by atoms with E-state index >= 15 is 0 Å². The highest BCUT2D eigenvalue weighted by atomic mass is 32.2. The number of benzene rings is 1. The Balaban J connectivity index is 1.59. The summed E-state index contributed by atoms with van der Waals surface area (Å²) in [6.45, 7) is 0. The van der Waals surface area contributed by atoms with Gasteiger partial charge in [-0.25, -0.2) is 13.9 Å². The van der Waals surface area contributed by atoms with Gasteiger partial charge in [-0.1, -0.05) is 0 Å². The Morgan fingerprint density at radius 3 is 2.43 bits per heavy atom. The third-order valence-electron chi connectivity index (χ3n) is 4.95. The first-order chi connectivity index (χ1) is 14.3. The standard InChI is InChI=1S/C19H18F2N6O2S/c20-14-5-4-12(27-30(22,28)29)11-13(14)16-6-7-17(26-25-16)24-19(8-2-9-19)18-15(21)3-1-10-23-18/h1,3-7,10-11,27H,2,8-9H2,(H,24,26)(H2,22,28,29). The van der Waals surface area contributed by atoms with E-state index in [1.165, 1.54) is 30.3 Å². The fraction of sp³-hybridized carbons (Fsp3) is 0.211. The lowest BCUT2D eigenvalue weighted by atomic mass is 9.74. The number of nitrogens with zero attached hydrogens (tertiary/aromatic N) is 3. The first kappa shape index (κ1) is 20.1. The smallest absolute Gasteiger partial charge is 0.296 e. The van der Waals surface area contributed by atoms with Crippen molar-refractivity contribution in [1.82, 2.24) is 15.2 Å². The van der Waals surface area contributed by atoms with Crippen LogP contribution in [0.15, 0.2) is 48.7 Å². The molecule has 0 amide bonds. The lowest BCUT2D eigenvalue weighted by Crippen LogP contribution is -2.43. The molecule has 4 rings (SSSR count). The third-order valence-corrected chi connectivity index (χ3v) is 5.47. The number of pyridine rings is 1. The second-order valence-electron chi connectivity index (χ2n) is 7.04. The van der Waals surface area contributed by atoms with Gasteiger partial charge in [-0.15, -0.1) is 10.2 Å². The number of hydrogen-bond donors (Lipinski definition) is 3. The average Bonchev–Trinajstić information content (AvgIpc) is 2.66. The Kier molecular flexibility index (Phi) is 5.08. The van der Waals surface area contributed by atoms with Crippen molar-refractivity contribution in [1.29, 1.82) is 0 Å². The van der Waals surface area contributed by atoms with Crippen LogP contribution in [0.3, 0.4) is 0 Å². The molecule has 1 aliphatic rings. The summed E-state index contributed by atoms with van der Waals surface area (Å²) in [5, 5.41) is 16.3. The van der Waals surface area contributed by atoms with Crippen LogP contribution in [-0.4, -0.2) is 23.6 Å². The third kappa shape index (κ3) is 4.07. The van der Waals surface area contributed by atoms with Crippen LogP contribution in [0.5, 0.6) is 0 Å². The molecule has 1 saturated carbocycles. The van der Waals surface area contributed by atoms with Gasteiger partial charge in [-0.05, 0) is 61.7 Å². The molecule has 2 aromatic heterocycles. The molecule has 1 aromatic carbocycles. The molecule has 0 atom stereocenters. The minimum absolute atomic E-state index is 0.0526. The van der Waals surface area contributed by atoms with Crippen molar-refractivity contribution in [3.8, 4) is 11.3 Å². The van der Waals surface area contributed by atoms with Gasteiger partial charge in [0.05, 0.1) is 16.9 Å². The van der Waals surface area contributed by atoms with Gasteiger partial charge < -0.3 is 5.32 Å². The van der Waals surface area contributed by atoms with Crippen molar-refractivity contribution in [2.45, 2.75) is 24.8 Å². The molecule has 156 valence electrons. The van der Waals surface area contributed by atoms with Gasteiger partial charge in [-0.3, -0.25) is 9.71 Å². The minimum Gasteiger partial charge on any atom is -0.357 e. The fourth-order valence-corrected chi connectivity index (χ4v) is 3.88. The molecule has 8 nitrogen and oxygen atoms in total. The molecule has 0 bridgehead atoms. The summed E-state index contributed by atoms with van der Waals surface area (Å²) in [7, 11) is -4.00. The Hall–Kier alpha value is -3.18. The maximum absolute atomic E-state index is 14.3. The van der Waals surface area contributed by atoms with E-state index in [0.29, 0.717) is 24.4 Å². The van der Waals surface area contributed by atoms with Crippen molar-refractivity contribution in [3.63, 3.8) is 0 Å². The molecule has 0 aliphatic heterocycles. The molecule has 3 aromatic rings. The molecule has 2 heterocycles. The first-order valence-corrected chi connectivity index (χ1v) is 10.6. The van der Waals surface area contributed by atoms with Crippen molar-refractivity contribution in [2.24, 2.45) is 5.14 Å². The van der Waals surface area contributed by atoms with Crippen molar-refractivity contribution in [3.05, 3.63) is 66.0 Å². The van der Waals surface area contributed by atoms with Gasteiger partial charge in [0.15, 0.2) is 0 Å². The Morgan fingerprint density at radius 2 is 1.83 bits per heavy atom. The van der Waals surface area contributed by atoms with E-state index in [-0.39, 0.29) is 16.9 Å². The largest absolute Gasteiger partial charge is 0.357 e. The molecule has 0 unspecified atom stereocenters. The topological polar surface area (TPSA) is 123 Å². The average molecular weight is 432 g/mol. The molecule has 30 heavy (non-hydrogen) atoms. The van der Waals surface area contributed by atoms with Gasteiger partial charge in [0.2, 0.25) is 0 Å². The monoisotopic (exact) mass is 432 g/mol. The summed E-state index contributed by atoms with van der Waals surface area (Å²) < 4.78 is 53.0. The number of nitrogens with one attached hydrogen (secondary N) is 2. The number of hydrogen-bond acceptors (Lipinski definition) is 6. The number of rotatable bonds is 6. The lowest BCUT2D eigenvalue weighted by Gasteiger charge is -2.42. The summed E-state index contributed by atoms with van der Waals surface area (Å²) >= 11 is 0. The summed E-state index contributed by atoms with van der Waals surface area (Å²) in [5.74, 6) is -0.603. The minimum atomic E-state index is -4.00. The fourth-order valence-electron chi connectivity index (χ4n) is 3.43. The van der Waals surface area contributed by atoms with E-state index in [4.69, 9.17) is 5.14 Å². The predicted octanol–water partition coefficient (Wildman–Crippen LogP) is 2.92. The predicted molar refractivity (Wildman–Crippen MR) is 108 cm³/mol. The maximum Gasteiger partial charge on any atom is 0.296 e. The number of nitrogens with two attached hydrogens (primary N) is 1. The van der Waals surface area contributed by atoms with Crippen LogP contribution in [0, 0.1) is 11.6 Å². The second-order valence-corrected chi connectivity index (χ2v) is 8.33. The van der Waals surface area contributed by atoms with Crippen LogP contribution < -0.4 is 15.2 Å². The SMILES string of the molecule is NS(=O)(=O)Nc1ccc(F)c(-c2ccc(NC3(c4ncccc4F)CCC3)nn2)c1. The highest BCUT2D eigenvalue weighted by Gasteiger charge is 2.42. The van der Waals surface area contributed by atoms with E-state index in [1.54, 1.807) is 12.3 Å². The van der Waals surface area contributed by atoms with Gasteiger partial charge in [0.25, 0.3) is 10.2 Å². The zero-order chi connectivity index (χ0) is 21.4. The maximum atomic E-state index is 14.3. The molecule has 4 N–H and O–H groups in total. The van der Waals surface area contributed by atoms with Gasteiger partial charge in [-0.2, -0.15) is 8.42 Å². The Bertz CT molecular complexity index is 1180. The van der Waals surface area contributed by atoms with Gasteiger partial charge in [0, 0.05) is 11.8 Å². The van der Waals surface area contributed by atoms with Crippen LogP contribution >= 0.6 is 0 Å². The van der Waals surface area contributed by atoms with Crippen LogP contribution in [0.1, 0.15) is 25.0 Å². The highest BCUT2D eigenvalue weighted by Crippen LogP contribution is 2.43. The summed E-state index contributed by atoms with van der Waals surface area (Å²) in [6.07, 6.45) is 3.85. The van der Waals surface area contributed by atoms with Crippen molar-refractivity contribution < 1.29 is 17.2 Å². The van der Waals surface area contributed by atoms with Gasteiger partial charge >= 0.3 is 0 Å². The lowest BCUT2D eigenvalue weighted by molar-refractivity contribution is 0.265. The molecular formula is C19H18F2N6O2S. The zero-order valence-corrected chi connectivity index (χ0v) is 16.5. The zero-order valence-electron chi connectivity index (χ0n) is 15.6. The van der Waals surface area contributed by atoms with Crippen LogP contribution in [0.2, 0.25) is 0 Å². The van der Waals surface area contributed by atoms with E-state index in [9.17, 15) is 17.2 Å². The molecule has 1 aliphatic carbocycles. The second kappa shape index (κ2) is 7.58. The molecule has 11 heteroatoms. The normalized spacial score (nSPS) is 15.3. The molecule has 0 radical (unpaired) electrons. The van der Waals surface area contributed by atoms with Gasteiger partial charge in [0.1, 0.15) is 23.1 Å². The number of aromatic nitrogens is 3. The van der Waals surface area contributed by atoms with E-state index in [0.717, 1.165) is 12.5 Å². The molecule has 0 saturated heterocycles. The first-order valence-electron chi connectivity index (χ1n) is 9.09. The summed E-state index contributed by atoms with van der Waals surface area (Å²) in [5.41, 5.74) is 0.0121. The molecular weight excluding hydrogens is 414 g/mol. The quantitative estimate of drug-likeness (QED) is 0.550. The number of anilines is 2. The van der Waals surface area contributed by atoms with Crippen LogP contribution in [-0.2, 0) is 15.7 Å². The highest BCUT2D eigenvalue weighted by molar-refractivity contribution is 7.90. The summed E-state index contributed by atoms with van der Waals surface area (Å²) in [6, 6.07) is 9.65. The van der Waals surface area contributed by atoms with Crippen molar-refractivity contribution in [2.75, 3.05) is 10.0 Å². The Labute approximate surface area is 171 Å². The molecule has 1 fully saturated rings.